The number of ether oxygens (including phenoxy) is 6. The Morgan fingerprint density at radius 2 is 1.17 bits per heavy atom. The lowest BCUT2D eigenvalue weighted by Gasteiger charge is -2.46. The molecule has 0 aliphatic carbocycles. The van der Waals surface area contributed by atoms with Gasteiger partial charge in [0.1, 0.15) is 79.0 Å². The molecule has 0 unspecified atom stereocenters. The van der Waals surface area contributed by atoms with Crippen molar-refractivity contribution in [1.82, 2.24) is 5.32 Å². The first-order valence-electron chi connectivity index (χ1n) is 15.6. The zero-order valence-electron chi connectivity index (χ0n) is 26.0. The van der Waals surface area contributed by atoms with Gasteiger partial charge in [0, 0.05) is 25.8 Å². The molecule has 3 rings (SSSR count). The van der Waals surface area contributed by atoms with Crippen LogP contribution in [0.15, 0.2) is 0 Å². The van der Waals surface area contributed by atoms with Gasteiger partial charge in [0.25, 0.3) is 0 Å². The van der Waals surface area contributed by atoms with Gasteiger partial charge in [0.15, 0.2) is 18.9 Å². The Morgan fingerprint density at radius 3 is 1.77 bits per heavy atom. The summed E-state index contributed by atoms with van der Waals surface area (Å²) in [6.07, 6.45) is -22.8. The molecular formula is C28H49NO18. The molecule has 3 saturated heterocycles. The van der Waals surface area contributed by atoms with Gasteiger partial charge in [-0.25, -0.2) is 0 Å². The number of rotatable bonds is 17. The van der Waals surface area contributed by atoms with Crippen LogP contribution < -0.4 is 5.32 Å². The van der Waals surface area contributed by atoms with Crippen LogP contribution in [0.5, 0.6) is 0 Å². The fourth-order valence-electron chi connectivity index (χ4n) is 5.31. The number of carbonyl (C=O) groups is 2. The predicted octanol–water partition coefficient (Wildman–Crippen LogP) is -5.89. The maximum absolute atomic E-state index is 12.1. The fourth-order valence-corrected chi connectivity index (χ4v) is 5.31. The number of unbranched alkanes of at least 4 members (excludes halogenated alkanes) is 1. The topological polar surface area (TPSA) is 304 Å². The molecule has 19 nitrogen and oxygen atoms in total. The summed E-state index contributed by atoms with van der Waals surface area (Å²) in [5.74, 6) is -0.187. The van der Waals surface area contributed by atoms with Crippen molar-refractivity contribution in [3.05, 3.63) is 0 Å². The Kier molecular flexibility index (Phi) is 16.2. The summed E-state index contributed by atoms with van der Waals surface area (Å²) in [4.78, 5) is 23.5. The third kappa shape index (κ3) is 10.5. The fraction of sp³-hybridized carbons (Fsp3) is 0.929. The van der Waals surface area contributed by atoms with Gasteiger partial charge in [0.05, 0.1) is 26.4 Å². The summed E-state index contributed by atoms with van der Waals surface area (Å²) in [6, 6.07) is 0. The number of Topliss-reactive ketones (excluding diaryl/α,β-unsaturated/α-hetero) is 1. The van der Waals surface area contributed by atoms with Crippen LogP contribution in [0, 0.1) is 0 Å². The number of hydrogen-bond acceptors (Lipinski definition) is 18. The van der Waals surface area contributed by atoms with Gasteiger partial charge in [-0.15, -0.1) is 0 Å². The minimum absolute atomic E-state index is 0.0217. The van der Waals surface area contributed by atoms with Crippen LogP contribution in [0.2, 0.25) is 0 Å². The molecule has 15 atom stereocenters. The number of hydrogen-bond donors (Lipinski definition) is 11. The second-order valence-corrected chi connectivity index (χ2v) is 11.7. The minimum atomic E-state index is -1.88. The quantitative estimate of drug-likeness (QED) is 0.0634. The van der Waals surface area contributed by atoms with E-state index in [2.05, 4.69) is 5.32 Å². The van der Waals surface area contributed by atoms with Crippen molar-refractivity contribution in [2.24, 2.45) is 0 Å². The first-order valence-corrected chi connectivity index (χ1v) is 15.6. The molecule has 47 heavy (non-hydrogen) atoms. The molecular weight excluding hydrogens is 638 g/mol. The SMILES string of the molecule is CCC(=O)CCCCC(=O)NCCO[C@H]1O[C@H](CO[C@H]2O[C@H](CO)[C@@H](O)[C@H](O)[C@@H]2O)[C@@H](O)[C@H](O[C@H]2O[C@H](CO)[C@@H](O)[C@H](O)[C@@H]2O)[C@@H]1O. The van der Waals surface area contributed by atoms with Crippen molar-refractivity contribution < 1.29 is 89.1 Å². The summed E-state index contributed by atoms with van der Waals surface area (Å²) < 4.78 is 33.1. The van der Waals surface area contributed by atoms with Crippen LogP contribution in [0.1, 0.15) is 39.0 Å². The van der Waals surface area contributed by atoms with Crippen molar-refractivity contribution in [1.29, 1.82) is 0 Å². The highest BCUT2D eigenvalue weighted by atomic mass is 16.7. The maximum atomic E-state index is 12.1. The molecule has 3 aliphatic heterocycles. The lowest BCUT2D eigenvalue weighted by atomic mass is 9.96. The Bertz CT molecular complexity index is 958. The zero-order chi connectivity index (χ0) is 34.8. The molecule has 0 aromatic heterocycles. The molecule has 0 aromatic rings. The summed E-state index contributed by atoms with van der Waals surface area (Å²) in [6.45, 7) is -0.561. The third-order valence-electron chi connectivity index (χ3n) is 8.26. The number of nitrogens with one attached hydrogen (secondary N) is 1. The second-order valence-electron chi connectivity index (χ2n) is 11.7. The summed E-state index contributed by atoms with van der Waals surface area (Å²) in [5.41, 5.74) is 0. The number of aliphatic hydroxyl groups excluding tert-OH is 10. The Labute approximate surface area is 270 Å². The number of ketones is 1. The van der Waals surface area contributed by atoms with Crippen molar-refractivity contribution >= 4 is 11.7 Å². The van der Waals surface area contributed by atoms with E-state index < -0.39 is 112 Å². The average molecular weight is 688 g/mol. The predicted molar refractivity (Wildman–Crippen MR) is 152 cm³/mol. The van der Waals surface area contributed by atoms with E-state index in [1.165, 1.54) is 0 Å². The van der Waals surface area contributed by atoms with Crippen molar-refractivity contribution in [2.45, 2.75) is 131 Å². The van der Waals surface area contributed by atoms with Gasteiger partial charge in [-0.2, -0.15) is 0 Å². The van der Waals surface area contributed by atoms with E-state index in [1.54, 1.807) is 6.92 Å². The number of amides is 1. The largest absolute Gasteiger partial charge is 0.394 e. The van der Waals surface area contributed by atoms with Crippen molar-refractivity contribution in [2.75, 3.05) is 33.0 Å². The third-order valence-corrected chi connectivity index (χ3v) is 8.26. The van der Waals surface area contributed by atoms with E-state index in [4.69, 9.17) is 28.4 Å². The van der Waals surface area contributed by atoms with Crippen LogP contribution in [0.25, 0.3) is 0 Å². The van der Waals surface area contributed by atoms with E-state index in [1.807, 2.05) is 0 Å². The molecule has 3 heterocycles. The number of aliphatic hydroxyl groups is 10. The molecule has 0 radical (unpaired) electrons. The Balaban J connectivity index is 1.65. The Hall–Kier alpha value is -1.50. The minimum Gasteiger partial charge on any atom is -0.394 e. The van der Waals surface area contributed by atoms with Crippen LogP contribution in [-0.4, -0.2) is 188 Å². The van der Waals surface area contributed by atoms with Gasteiger partial charge in [0.2, 0.25) is 5.91 Å². The summed E-state index contributed by atoms with van der Waals surface area (Å²) in [7, 11) is 0. The average Bonchev–Trinajstić information content (AvgIpc) is 3.06. The number of carbonyl (C=O) groups excluding carboxylic acids is 2. The van der Waals surface area contributed by atoms with Crippen molar-refractivity contribution in [3.63, 3.8) is 0 Å². The monoisotopic (exact) mass is 687 g/mol. The summed E-state index contributed by atoms with van der Waals surface area (Å²) >= 11 is 0. The maximum Gasteiger partial charge on any atom is 0.220 e. The van der Waals surface area contributed by atoms with E-state index in [0.29, 0.717) is 25.7 Å². The van der Waals surface area contributed by atoms with Crippen molar-refractivity contribution in [3.8, 4) is 0 Å². The molecule has 1 amide bonds. The van der Waals surface area contributed by atoms with E-state index in [-0.39, 0.29) is 31.3 Å². The Morgan fingerprint density at radius 1 is 0.638 bits per heavy atom. The molecule has 0 aromatic carbocycles. The molecule has 274 valence electrons. The normalized spacial score (nSPS) is 41.0. The highest BCUT2D eigenvalue weighted by Gasteiger charge is 2.52. The standard InChI is InChI=1S/C28H49NO18/c1-2-12(32)5-3-4-6-16(33)29-7-8-42-27-24(41)25(47-28-23(40)21(38)18(35)14(10-31)45-28)19(36)15(46-27)11-43-26-22(39)20(37)17(34)13(9-30)44-26/h13-15,17-28,30-31,34-41H,2-11H2,1H3,(H,29,33)/t13-,14-,15-,17-,18-,19-,20+,21+,22+,23+,24+,25+,26+,27+,28-/m1/s1. The van der Waals surface area contributed by atoms with Gasteiger partial charge in [-0.1, -0.05) is 6.92 Å². The van der Waals surface area contributed by atoms with Crippen LogP contribution in [-0.2, 0) is 38.0 Å². The van der Waals surface area contributed by atoms with Crippen LogP contribution in [0.3, 0.4) is 0 Å². The molecule has 3 aliphatic rings. The van der Waals surface area contributed by atoms with E-state index in [0.717, 1.165) is 0 Å². The second kappa shape index (κ2) is 19.0. The molecule has 0 spiro atoms. The van der Waals surface area contributed by atoms with Gasteiger partial charge < -0.3 is 84.8 Å². The smallest absolute Gasteiger partial charge is 0.220 e. The molecule has 19 heteroatoms. The van der Waals surface area contributed by atoms with E-state index >= 15 is 0 Å². The highest BCUT2D eigenvalue weighted by Crippen LogP contribution is 2.31. The first kappa shape index (κ1) is 39.9. The van der Waals surface area contributed by atoms with E-state index in [9.17, 15) is 60.7 Å². The highest BCUT2D eigenvalue weighted by molar-refractivity contribution is 5.78. The first-order chi connectivity index (χ1) is 22.3. The lowest BCUT2D eigenvalue weighted by molar-refractivity contribution is -0.366. The zero-order valence-corrected chi connectivity index (χ0v) is 26.0. The molecule has 0 bridgehead atoms. The van der Waals surface area contributed by atoms with Gasteiger partial charge >= 0.3 is 0 Å². The lowest BCUT2D eigenvalue weighted by Crippen LogP contribution is -2.65. The van der Waals surface area contributed by atoms with Crippen LogP contribution >= 0.6 is 0 Å². The van der Waals surface area contributed by atoms with Crippen LogP contribution in [0.4, 0.5) is 0 Å². The van der Waals surface area contributed by atoms with Gasteiger partial charge in [-0.3, -0.25) is 9.59 Å². The molecule has 3 fully saturated rings. The summed E-state index contributed by atoms with van der Waals surface area (Å²) in [5, 5.41) is 105. The molecule has 11 N–H and O–H groups in total. The van der Waals surface area contributed by atoms with Gasteiger partial charge in [-0.05, 0) is 12.8 Å². The molecule has 0 saturated carbocycles.